The van der Waals surface area contributed by atoms with E-state index in [0.29, 0.717) is 24.5 Å². The fraction of sp³-hybridized carbons (Fsp3) is 0.462. The van der Waals surface area contributed by atoms with Crippen LogP contribution >= 0.6 is 28.3 Å². The molecular formula is C13H20BrClN2O3. The number of halogens is 2. The second kappa shape index (κ2) is 9.05. The number of carbonyl (C=O) groups excluding carboxylic acids is 1. The van der Waals surface area contributed by atoms with Crippen molar-refractivity contribution < 1.29 is 14.3 Å². The van der Waals surface area contributed by atoms with Crippen LogP contribution in [0.25, 0.3) is 0 Å². The summed E-state index contributed by atoms with van der Waals surface area (Å²) in [5, 5.41) is 2.81. The summed E-state index contributed by atoms with van der Waals surface area (Å²) < 4.78 is 11.2. The highest BCUT2D eigenvalue weighted by Crippen LogP contribution is 2.36. The third kappa shape index (κ3) is 5.56. The molecule has 0 radical (unpaired) electrons. The molecule has 0 aromatic heterocycles. The average molecular weight is 368 g/mol. The van der Waals surface area contributed by atoms with Crippen molar-refractivity contribution in [3.8, 4) is 11.5 Å². The lowest BCUT2D eigenvalue weighted by atomic mass is 10.2. The van der Waals surface area contributed by atoms with Gasteiger partial charge < -0.3 is 20.5 Å². The van der Waals surface area contributed by atoms with E-state index < -0.39 is 0 Å². The molecule has 1 aromatic carbocycles. The molecule has 114 valence electrons. The van der Waals surface area contributed by atoms with Crippen molar-refractivity contribution in [3.63, 3.8) is 0 Å². The summed E-state index contributed by atoms with van der Waals surface area (Å²) in [6.07, 6.45) is 0.314. The predicted octanol–water partition coefficient (Wildman–Crippen LogP) is 2.24. The van der Waals surface area contributed by atoms with Crippen molar-refractivity contribution in [1.29, 1.82) is 0 Å². The minimum Gasteiger partial charge on any atom is -0.493 e. The smallest absolute Gasteiger partial charge is 0.221 e. The summed E-state index contributed by atoms with van der Waals surface area (Å²) in [4.78, 5) is 11.5. The third-order valence-corrected chi connectivity index (χ3v) is 3.08. The zero-order valence-corrected chi connectivity index (χ0v) is 14.1. The van der Waals surface area contributed by atoms with Crippen LogP contribution in [0.2, 0.25) is 0 Å². The zero-order valence-electron chi connectivity index (χ0n) is 11.7. The second-order valence-corrected chi connectivity index (χ2v) is 5.13. The summed E-state index contributed by atoms with van der Waals surface area (Å²) in [5.41, 5.74) is 6.48. The van der Waals surface area contributed by atoms with Gasteiger partial charge in [0, 0.05) is 19.0 Å². The standard InChI is InChI=1S/C13H19BrN2O3.ClH/c1-8(15)4-12(17)16-7-9-5-10(14)13(19-3)11(6-9)18-2;/h5-6,8H,4,7,15H2,1-3H3,(H,16,17);1H. The lowest BCUT2D eigenvalue weighted by Crippen LogP contribution is -2.29. The van der Waals surface area contributed by atoms with E-state index in [4.69, 9.17) is 15.2 Å². The maximum atomic E-state index is 11.5. The van der Waals surface area contributed by atoms with Crippen molar-refractivity contribution >= 4 is 34.2 Å². The fourth-order valence-electron chi connectivity index (χ4n) is 1.64. The summed E-state index contributed by atoms with van der Waals surface area (Å²) in [6, 6.07) is 3.57. The summed E-state index contributed by atoms with van der Waals surface area (Å²) in [6.45, 7) is 2.22. The van der Waals surface area contributed by atoms with Gasteiger partial charge in [-0.25, -0.2) is 0 Å². The molecule has 0 aliphatic carbocycles. The van der Waals surface area contributed by atoms with Gasteiger partial charge in [-0.05, 0) is 40.5 Å². The summed E-state index contributed by atoms with van der Waals surface area (Å²) >= 11 is 3.41. The number of hydrogen-bond acceptors (Lipinski definition) is 4. The van der Waals surface area contributed by atoms with Crippen LogP contribution in [-0.2, 0) is 11.3 Å². The Labute approximate surface area is 133 Å². The van der Waals surface area contributed by atoms with Crippen LogP contribution in [0.4, 0.5) is 0 Å². The SMILES string of the molecule is COc1cc(CNC(=O)CC(C)N)cc(Br)c1OC.Cl. The van der Waals surface area contributed by atoms with Crippen molar-refractivity contribution in [2.45, 2.75) is 25.9 Å². The first-order valence-electron chi connectivity index (χ1n) is 5.90. The van der Waals surface area contributed by atoms with Crippen molar-refractivity contribution in [3.05, 3.63) is 22.2 Å². The van der Waals surface area contributed by atoms with Crippen LogP contribution < -0.4 is 20.5 Å². The van der Waals surface area contributed by atoms with Gasteiger partial charge in [-0.2, -0.15) is 0 Å². The van der Waals surface area contributed by atoms with Crippen LogP contribution in [0.1, 0.15) is 18.9 Å². The first-order chi connectivity index (χ1) is 8.97. The lowest BCUT2D eigenvalue weighted by molar-refractivity contribution is -0.121. The van der Waals surface area contributed by atoms with Crippen molar-refractivity contribution in [2.75, 3.05) is 14.2 Å². The Hall–Kier alpha value is -0.980. The molecule has 0 heterocycles. The zero-order chi connectivity index (χ0) is 14.4. The van der Waals surface area contributed by atoms with Crippen LogP contribution in [0.3, 0.4) is 0 Å². The second-order valence-electron chi connectivity index (χ2n) is 4.27. The number of ether oxygens (including phenoxy) is 2. The predicted molar refractivity (Wildman–Crippen MR) is 84.6 cm³/mol. The van der Waals surface area contributed by atoms with Gasteiger partial charge in [-0.15, -0.1) is 12.4 Å². The number of methoxy groups -OCH3 is 2. The van der Waals surface area contributed by atoms with Gasteiger partial charge in [0.05, 0.1) is 18.7 Å². The van der Waals surface area contributed by atoms with E-state index in [1.54, 1.807) is 21.1 Å². The Kier molecular flexibility index (Phi) is 8.60. The van der Waals surface area contributed by atoms with Crippen LogP contribution in [0.5, 0.6) is 11.5 Å². The summed E-state index contributed by atoms with van der Waals surface area (Å²) in [7, 11) is 3.15. The largest absolute Gasteiger partial charge is 0.493 e. The quantitative estimate of drug-likeness (QED) is 0.809. The van der Waals surface area contributed by atoms with Crippen molar-refractivity contribution in [1.82, 2.24) is 5.32 Å². The van der Waals surface area contributed by atoms with Gasteiger partial charge in [-0.3, -0.25) is 4.79 Å². The number of hydrogen-bond donors (Lipinski definition) is 2. The number of nitrogens with two attached hydrogens (primary N) is 1. The van der Waals surface area contributed by atoms with Crippen LogP contribution in [0.15, 0.2) is 16.6 Å². The molecule has 0 aliphatic rings. The maximum Gasteiger partial charge on any atom is 0.221 e. The normalized spacial score (nSPS) is 11.2. The molecule has 20 heavy (non-hydrogen) atoms. The van der Waals surface area contributed by atoms with E-state index in [-0.39, 0.29) is 24.4 Å². The molecule has 3 N–H and O–H groups in total. The third-order valence-electron chi connectivity index (χ3n) is 2.49. The van der Waals surface area contributed by atoms with Crippen LogP contribution in [-0.4, -0.2) is 26.2 Å². The molecule has 0 fully saturated rings. The molecule has 0 aliphatic heterocycles. The lowest BCUT2D eigenvalue weighted by Gasteiger charge is -2.13. The number of amides is 1. The Bertz CT molecular complexity index is 455. The van der Waals surface area contributed by atoms with Gasteiger partial charge in [0.2, 0.25) is 5.91 Å². The molecule has 1 rings (SSSR count). The van der Waals surface area contributed by atoms with Crippen LogP contribution in [0, 0.1) is 0 Å². The average Bonchev–Trinajstić information content (AvgIpc) is 2.34. The molecule has 0 bridgehead atoms. The minimum absolute atomic E-state index is 0. The Balaban J connectivity index is 0.00000361. The van der Waals surface area contributed by atoms with Crippen molar-refractivity contribution in [2.24, 2.45) is 5.73 Å². The first kappa shape index (κ1) is 19.0. The van der Waals surface area contributed by atoms with E-state index in [1.165, 1.54) is 0 Å². The molecule has 1 aromatic rings. The molecular weight excluding hydrogens is 348 g/mol. The van der Waals surface area contributed by atoms with E-state index in [9.17, 15) is 4.79 Å². The molecule has 1 amide bonds. The fourth-order valence-corrected chi connectivity index (χ4v) is 2.29. The molecule has 5 nitrogen and oxygen atoms in total. The van der Waals surface area contributed by atoms with E-state index >= 15 is 0 Å². The Morgan fingerprint density at radius 3 is 2.55 bits per heavy atom. The number of rotatable bonds is 6. The van der Waals surface area contributed by atoms with E-state index in [0.717, 1.165) is 10.0 Å². The van der Waals surface area contributed by atoms with E-state index in [1.807, 2.05) is 12.1 Å². The molecule has 1 atom stereocenters. The Morgan fingerprint density at radius 1 is 1.40 bits per heavy atom. The number of nitrogens with one attached hydrogen (secondary N) is 1. The molecule has 1 unspecified atom stereocenters. The monoisotopic (exact) mass is 366 g/mol. The maximum absolute atomic E-state index is 11.5. The highest BCUT2D eigenvalue weighted by Gasteiger charge is 2.11. The van der Waals surface area contributed by atoms with Gasteiger partial charge in [0.25, 0.3) is 0 Å². The minimum atomic E-state index is -0.142. The molecule has 7 heteroatoms. The first-order valence-corrected chi connectivity index (χ1v) is 6.70. The highest BCUT2D eigenvalue weighted by molar-refractivity contribution is 9.10. The van der Waals surface area contributed by atoms with E-state index in [2.05, 4.69) is 21.2 Å². The van der Waals surface area contributed by atoms with Gasteiger partial charge >= 0.3 is 0 Å². The van der Waals surface area contributed by atoms with Gasteiger partial charge in [0.1, 0.15) is 0 Å². The van der Waals surface area contributed by atoms with Gasteiger partial charge in [0.15, 0.2) is 11.5 Å². The number of benzene rings is 1. The molecule has 0 saturated heterocycles. The summed E-state index contributed by atoms with van der Waals surface area (Å²) in [5.74, 6) is 1.18. The number of carbonyl (C=O) groups is 1. The highest BCUT2D eigenvalue weighted by atomic mass is 79.9. The van der Waals surface area contributed by atoms with Gasteiger partial charge in [-0.1, -0.05) is 0 Å². The molecule has 0 saturated carbocycles. The molecule has 0 spiro atoms. The topological polar surface area (TPSA) is 73.6 Å². The Morgan fingerprint density at radius 2 is 2.05 bits per heavy atom.